The first-order valence-electron chi connectivity index (χ1n) is 6.12. The number of nitrogens with zero attached hydrogens (tertiary/aromatic N) is 1. The van der Waals surface area contributed by atoms with E-state index in [0.29, 0.717) is 5.92 Å². The minimum Gasteiger partial charge on any atom is -0.333 e. The Kier molecular flexibility index (Phi) is 4.19. The summed E-state index contributed by atoms with van der Waals surface area (Å²) in [6.45, 7) is 9.66. The van der Waals surface area contributed by atoms with Crippen molar-refractivity contribution >= 4 is 6.03 Å². The number of piperidine rings is 1. The predicted octanol–water partition coefficient (Wildman–Crippen LogP) is 1.55. The summed E-state index contributed by atoms with van der Waals surface area (Å²) in [6.07, 6.45) is 2.20. The van der Waals surface area contributed by atoms with Crippen LogP contribution in [-0.2, 0) is 0 Å². The Morgan fingerprint density at radius 2 is 2.12 bits per heavy atom. The summed E-state index contributed by atoms with van der Waals surface area (Å²) < 4.78 is 0. The Hall–Kier alpha value is -0.770. The van der Waals surface area contributed by atoms with Crippen molar-refractivity contribution in [1.82, 2.24) is 10.2 Å². The van der Waals surface area contributed by atoms with Gasteiger partial charge in [0.1, 0.15) is 0 Å². The van der Waals surface area contributed by atoms with Gasteiger partial charge in [-0.2, -0.15) is 0 Å². The van der Waals surface area contributed by atoms with Gasteiger partial charge in [0.15, 0.2) is 0 Å². The maximum atomic E-state index is 12.0. The van der Waals surface area contributed by atoms with E-state index in [-0.39, 0.29) is 17.6 Å². The van der Waals surface area contributed by atoms with Crippen LogP contribution in [0.5, 0.6) is 0 Å². The van der Waals surface area contributed by atoms with Crippen LogP contribution in [0.1, 0.15) is 40.5 Å². The van der Waals surface area contributed by atoms with Crippen molar-refractivity contribution in [3.05, 3.63) is 0 Å². The maximum Gasteiger partial charge on any atom is 0.317 e. The maximum absolute atomic E-state index is 12.0. The zero-order valence-corrected chi connectivity index (χ0v) is 10.9. The zero-order chi connectivity index (χ0) is 12.3. The SMILES string of the molecule is CC(N)C1CCCN(C(=O)NC(C)(C)C)C1. The van der Waals surface area contributed by atoms with Crippen LogP contribution in [0.15, 0.2) is 0 Å². The van der Waals surface area contributed by atoms with Crippen LogP contribution in [0.4, 0.5) is 4.79 Å². The Balaban J connectivity index is 2.50. The second-order valence-corrected chi connectivity index (χ2v) is 5.89. The molecule has 0 aromatic heterocycles. The number of urea groups is 1. The number of carbonyl (C=O) groups is 1. The average molecular weight is 227 g/mol. The molecule has 2 amide bonds. The molecule has 0 spiro atoms. The van der Waals surface area contributed by atoms with Crippen LogP contribution in [-0.4, -0.2) is 35.6 Å². The topological polar surface area (TPSA) is 58.4 Å². The number of hydrogen-bond acceptors (Lipinski definition) is 2. The minimum atomic E-state index is -0.168. The van der Waals surface area contributed by atoms with E-state index in [2.05, 4.69) is 5.32 Å². The van der Waals surface area contributed by atoms with E-state index in [0.717, 1.165) is 25.9 Å². The standard InChI is InChI=1S/C12H25N3O/c1-9(13)10-6-5-7-15(8-10)11(16)14-12(2,3)4/h9-10H,5-8,13H2,1-4H3,(H,14,16). The van der Waals surface area contributed by atoms with Crippen LogP contribution < -0.4 is 11.1 Å². The lowest BCUT2D eigenvalue weighted by molar-refractivity contribution is 0.152. The molecule has 4 heteroatoms. The highest BCUT2D eigenvalue weighted by Crippen LogP contribution is 2.19. The molecule has 94 valence electrons. The quantitative estimate of drug-likeness (QED) is 0.714. The second-order valence-electron chi connectivity index (χ2n) is 5.89. The van der Waals surface area contributed by atoms with Crippen LogP contribution in [0.3, 0.4) is 0 Å². The van der Waals surface area contributed by atoms with Gasteiger partial charge in [0, 0.05) is 24.7 Å². The Bertz CT molecular complexity index is 245. The molecule has 0 aromatic rings. The molecule has 1 heterocycles. The normalized spacial score (nSPS) is 24.1. The lowest BCUT2D eigenvalue weighted by Gasteiger charge is -2.36. The van der Waals surface area contributed by atoms with Crippen molar-refractivity contribution in [2.75, 3.05) is 13.1 Å². The van der Waals surface area contributed by atoms with Gasteiger partial charge in [-0.3, -0.25) is 0 Å². The first kappa shape index (κ1) is 13.3. The fourth-order valence-corrected chi connectivity index (χ4v) is 2.02. The fraction of sp³-hybridized carbons (Fsp3) is 0.917. The molecule has 0 aromatic carbocycles. The number of nitrogens with two attached hydrogens (primary N) is 1. The number of likely N-dealkylation sites (tertiary alicyclic amines) is 1. The van der Waals surface area contributed by atoms with Gasteiger partial charge in [-0.15, -0.1) is 0 Å². The van der Waals surface area contributed by atoms with E-state index >= 15 is 0 Å². The summed E-state index contributed by atoms with van der Waals surface area (Å²) in [5.41, 5.74) is 5.73. The number of carbonyl (C=O) groups excluding carboxylic acids is 1. The molecule has 16 heavy (non-hydrogen) atoms. The molecule has 2 unspecified atom stereocenters. The van der Waals surface area contributed by atoms with E-state index in [4.69, 9.17) is 5.73 Å². The molecule has 0 bridgehead atoms. The third kappa shape index (κ3) is 4.00. The van der Waals surface area contributed by atoms with Crippen molar-refractivity contribution in [1.29, 1.82) is 0 Å². The summed E-state index contributed by atoms with van der Waals surface area (Å²) in [7, 11) is 0. The number of rotatable bonds is 1. The number of nitrogens with one attached hydrogen (secondary N) is 1. The molecule has 1 saturated heterocycles. The van der Waals surface area contributed by atoms with Gasteiger partial charge in [-0.1, -0.05) is 0 Å². The van der Waals surface area contributed by atoms with Crippen molar-refractivity contribution in [2.24, 2.45) is 11.7 Å². The Labute approximate surface area is 98.6 Å². The monoisotopic (exact) mass is 227 g/mol. The van der Waals surface area contributed by atoms with Crippen molar-refractivity contribution in [3.63, 3.8) is 0 Å². The number of hydrogen-bond donors (Lipinski definition) is 2. The van der Waals surface area contributed by atoms with Crippen LogP contribution >= 0.6 is 0 Å². The molecule has 1 aliphatic rings. The highest BCUT2D eigenvalue weighted by atomic mass is 16.2. The van der Waals surface area contributed by atoms with E-state index in [1.165, 1.54) is 0 Å². The molecule has 3 N–H and O–H groups in total. The second kappa shape index (κ2) is 5.04. The van der Waals surface area contributed by atoms with Crippen molar-refractivity contribution in [2.45, 2.75) is 52.1 Å². The third-order valence-corrected chi connectivity index (χ3v) is 2.97. The van der Waals surface area contributed by atoms with Crippen LogP contribution in [0.2, 0.25) is 0 Å². The highest BCUT2D eigenvalue weighted by Gasteiger charge is 2.27. The van der Waals surface area contributed by atoms with Gasteiger partial charge in [0.2, 0.25) is 0 Å². The molecule has 1 aliphatic heterocycles. The first-order valence-corrected chi connectivity index (χ1v) is 6.12. The molecule has 4 nitrogen and oxygen atoms in total. The van der Waals surface area contributed by atoms with Gasteiger partial charge >= 0.3 is 6.03 Å². The van der Waals surface area contributed by atoms with Gasteiger partial charge in [-0.05, 0) is 46.5 Å². The smallest absolute Gasteiger partial charge is 0.317 e. The molecular weight excluding hydrogens is 202 g/mol. The van der Waals surface area contributed by atoms with Gasteiger partial charge in [0.25, 0.3) is 0 Å². The zero-order valence-electron chi connectivity index (χ0n) is 10.9. The first-order chi connectivity index (χ1) is 7.29. The molecule has 0 aliphatic carbocycles. The van der Waals surface area contributed by atoms with Gasteiger partial charge < -0.3 is 16.0 Å². The van der Waals surface area contributed by atoms with Gasteiger partial charge in [0.05, 0.1) is 0 Å². The molecule has 1 rings (SSSR count). The summed E-state index contributed by atoms with van der Waals surface area (Å²) in [5.74, 6) is 0.444. The molecule has 0 saturated carbocycles. The van der Waals surface area contributed by atoms with E-state index in [1.54, 1.807) is 0 Å². The summed E-state index contributed by atoms with van der Waals surface area (Å²) in [4.78, 5) is 13.8. The molecule has 0 radical (unpaired) electrons. The van der Waals surface area contributed by atoms with Crippen LogP contribution in [0.25, 0.3) is 0 Å². The molecular formula is C12H25N3O. The third-order valence-electron chi connectivity index (χ3n) is 2.97. The fourth-order valence-electron chi connectivity index (χ4n) is 2.02. The summed E-state index contributed by atoms with van der Waals surface area (Å²) >= 11 is 0. The van der Waals surface area contributed by atoms with E-state index in [1.807, 2.05) is 32.6 Å². The Morgan fingerprint density at radius 3 is 2.62 bits per heavy atom. The van der Waals surface area contributed by atoms with E-state index in [9.17, 15) is 4.79 Å². The molecule has 1 fully saturated rings. The predicted molar refractivity (Wildman–Crippen MR) is 66.2 cm³/mol. The van der Waals surface area contributed by atoms with Gasteiger partial charge in [-0.25, -0.2) is 4.79 Å². The largest absolute Gasteiger partial charge is 0.333 e. The lowest BCUT2D eigenvalue weighted by atomic mass is 9.92. The lowest BCUT2D eigenvalue weighted by Crippen LogP contribution is -2.53. The minimum absolute atomic E-state index is 0.0397. The summed E-state index contributed by atoms with van der Waals surface area (Å²) in [5, 5.41) is 2.99. The summed E-state index contributed by atoms with van der Waals surface area (Å²) in [6, 6.07) is 0.211. The van der Waals surface area contributed by atoms with Crippen molar-refractivity contribution < 1.29 is 4.79 Å². The molecule has 2 atom stereocenters. The van der Waals surface area contributed by atoms with Crippen LogP contribution in [0, 0.1) is 5.92 Å². The average Bonchev–Trinajstić information content (AvgIpc) is 2.15. The Morgan fingerprint density at radius 1 is 1.50 bits per heavy atom. The van der Waals surface area contributed by atoms with E-state index < -0.39 is 0 Å². The highest BCUT2D eigenvalue weighted by molar-refractivity contribution is 5.75. The van der Waals surface area contributed by atoms with Crippen molar-refractivity contribution in [3.8, 4) is 0 Å². The number of amides is 2.